The number of anilines is 2. The van der Waals surface area contributed by atoms with Crippen molar-refractivity contribution >= 4 is 28.2 Å². The molecule has 0 bridgehead atoms. The van der Waals surface area contributed by atoms with Crippen LogP contribution in [0.1, 0.15) is 18.5 Å². The second-order valence-electron chi connectivity index (χ2n) is 6.27. The van der Waals surface area contributed by atoms with Crippen molar-refractivity contribution in [3.63, 3.8) is 0 Å². The molecular weight excluding hydrogens is 365 g/mol. The van der Waals surface area contributed by atoms with Gasteiger partial charge in [-0.05, 0) is 48.9 Å². The van der Waals surface area contributed by atoms with E-state index in [0.29, 0.717) is 13.2 Å². The summed E-state index contributed by atoms with van der Waals surface area (Å²) in [5.41, 5.74) is 3.56. The molecule has 1 aromatic heterocycles. The van der Waals surface area contributed by atoms with Gasteiger partial charge in [0.15, 0.2) is 5.13 Å². The lowest BCUT2D eigenvalue weighted by Gasteiger charge is -2.17. The van der Waals surface area contributed by atoms with Gasteiger partial charge in [-0.25, -0.2) is 14.2 Å². The molecule has 2 heterocycles. The molecule has 7 heteroatoms. The number of benzene rings is 2. The van der Waals surface area contributed by atoms with Crippen LogP contribution in [0.2, 0.25) is 0 Å². The Labute approximate surface area is 160 Å². The molecule has 1 N–H and O–H groups in total. The quantitative estimate of drug-likeness (QED) is 0.668. The molecule has 1 aliphatic rings. The van der Waals surface area contributed by atoms with Gasteiger partial charge in [-0.15, -0.1) is 11.3 Å². The number of amides is 1. The molecule has 1 fully saturated rings. The second kappa shape index (κ2) is 7.36. The number of cyclic esters (lactones) is 1. The molecule has 0 saturated carbocycles. The van der Waals surface area contributed by atoms with E-state index in [2.05, 4.69) is 10.3 Å². The molecule has 0 spiro atoms. The zero-order chi connectivity index (χ0) is 18.8. The fourth-order valence-electron chi connectivity index (χ4n) is 2.95. The first-order valence-electron chi connectivity index (χ1n) is 8.62. The average Bonchev–Trinajstić information content (AvgIpc) is 3.31. The molecule has 1 saturated heterocycles. The lowest BCUT2D eigenvalue weighted by molar-refractivity contribution is 0.181. The van der Waals surface area contributed by atoms with Gasteiger partial charge in [0, 0.05) is 16.6 Å². The average molecular weight is 383 g/mol. The molecule has 0 aliphatic carbocycles. The number of halogens is 1. The third kappa shape index (κ3) is 3.78. The predicted molar refractivity (Wildman–Crippen MR) is 105 cm³/mol. The summed E-state index contributed by atoms with van der Waals surface area (Å²) < 4.78 is 18.1. The normalized spacial score (nSPS) is 14.9. The number of nitrogens with zero attached hydrogens (tertiary/aromatic N) is 2. The summed E-state index contributed by atoms with van der Waals surface area (Å²) >= 11 is 1.50. The minimum atomic E-state index is -0.309. The van der Waals surface area contributed by atoms with E-state index in [1.807, 2.05) is 36.6 Å². The molecule has 1 unspecified atom stereocenters. The Morgan fingerprint density at radius 3 is 2.81 bits per heavy atom. The van der Waals surface area contributed by atoms with Gasteiger partial charge in [-0.1, -0.05) is 12.1 Å². The van der Waals surface area contributed by atoms with Crippen LogP contribution in [0.3, 0.4) is 0 Å². The number of hydrogen-bond donors (Lipinski definition) is 1. The lowest BCUT2D eigenvalue weighted by atomic mass is 10.1. The van der Waals surface area contributed by atoms with E-state index in [0.717, 1.165) is 27.6 Å². The molecule has 138 valence electrons. The zero-order valence-electron chi connectivity index (χ0n) is 14.7. The van der Waals surface area contributed by atoms with Crippen molar-refractivity contribution in [1.82, 2.24) is 4.98 Å². The number of hydrogen-bond acceptors (Lipinski definition) is 5. The zero-order valence-corrected chi connectivity index (χ0v) is 15.5. The van der Waals surface area contributed by atoms with Crippen LogP contribution in [0, 0.1) is 5.82 Å². The summed E-state index contributed by atoms with van der Waals surface area (Å²) in [6.07, 6.45) is -0.309. The Morgan fingerprint density at radius 1 is 1.26 bits per heavy atom. The van der Waals surface area contributed by atoms with Crippen molar-refractivity contribution in [2.24, 2.45) is 0 Å². The molecule has 1 aliphatic heterocycles. The maximum absolute atomic E-state index is 13.1. The topological polar surface area (TPSA) is 54.5 Å². The lowest BCUT2D eigenvalue weighted by Crippen LogP contribution is -2.23. The van der Waals surface area contributed by atoms with Gasteiger partial charge < -0.3 is 10.1 Å². The van der Waals surface area contributed by atoms with Crippen molar-refractivity contribution in [1.29, 1.82) is 0 Å². The van der Waals surface area contributed by atoms with E-state index < -0.39 is 0 Å². The number of thiazole rings is 1. The van der Waals surface area contributed by atoms with Crippen molar-refractivity contribution in [2.45, 2.75) is 13.0 Å². The highest BCUT2D eigenvalue weighted by Crippen LogP contribution is 2.29. The Morgan fingerprint density at radius 2 is 2.07 bits per heavy atom. The number of carbonyl (C=O) groups excluding carboxylic acids is 1. The second-order valence-corrected chi connectivity index (χ2v) is 7.13. The molecular formula is C20H18FN3O2S. The Kier molecular flexibility index (Phi) is 4.77. The first-order chi connectivity index (χ1) is 13.1. The van der Waals surface area contributed by atoms with Crippen LogP contribution in [0.25, 0.3) is 11.3 Å². The van der Waals surface area contributed by atoms with E-state index in [1.54, 1.807) is 17.0 Å². The highest BCUT2D eigenvalue weighted by molar-refractivity contribution is 7.14. The van der Waals surface area contributed by atoms with Crippen molar-refractivity contribution < 1.29 is 13.9 Å². The minimum absolute atomic E-state index is 0.00999. The van der Waals surface area contributed by atoms with Crippen LogP contribution < -0.4 is 10.2 Å². The Hall–Kier alpha value is -2.93. The van der Waals surface area contributed by atoms with Crippen LogP contribution in [-0.2, 0) is 4.74 Å². The molecule has 1 atom stereocenters. The van der Waals surface area contributed by atoms with E-state index in [9.17, 15) is 9.18 Å². The van der Waals surface area contributed by atoms with Crippen molar-refractivity contribution in [2.75, 3.05) is 23.4 Å². The van der Waals surface area contributed by atoms with Crippen LogP contribution in [0.15, 0.2) is 53.9 Å². The Balaban J connectivity index is 1.49. The van der Waals surface area contributed by atoms with E-state index in [-0.39, 0.29) is 18.0 Å². The van der Waals surface area contributed by atoms with Gasteiger partial charge in [-0.2, -0.15) is 0 Å². The van der Waals surface area contributed by atoms with Gasteiger partial charge in [0.2, 0.25) is 0 Å². The number of ether oxygens (including phenoxy) is 1. The van der Waals surface area contributed by atoms with Crippen molar-refractivity contribution in [3.05, 3.63) is 65.3 Å². The first kappa shape index (κ1) is 17.5. The predicted octanol–water partition coefficient (Wildman–Crippen LogP) is 5.08. The molecule has 1 amide bonds. The number of aromatic nitrogens is 1. The van der Waals surface area contributed by atoms with Gasteiger partial charge in [0.1, 0.15) is 12.4 Å². The molecule has 27 heavy (non-hydrogen) atoms. The molecule has 2 aromatic carbocycles. The first-order valence-corrected chi connectivity index (χ1v) is 9.50. The summed E-state index contributed by atoms with van der Waals surface area (Å²) in [5.74, 6) is -0.261. The van der Waals surface area contributed by atoms with Crippen LogP contribution >= 0.6 is 11.3 Å². The number of rotatable bonds is 5. The van der Waals surface area contributed by atoms with Gasteiger partial charge in [0.25, 0.3) is 0 Å². The van der Waals surface area contributed by atoms with Gasteiger partial charge >= 0.3 is 6.09 Å². The third-order valence-corrected chi connectivity index (χ3v) is 5.20. The fourth-order valence-corrected chi connectivity index (χ4v) is 3.76. The summed E-state index contributed by atoms with van der Waals surface area (Å²) in [4.78, 5) is 18.0. The highest BCUT2D eigenvalue weighted by Gasteiger charge is 2.24. The molecule has 5 nitrogen and oxygen atoms in total. The maximum atomic E-state index is 13.1. The summed E-state index contributed by atoms with van der Waals surface area (Å²) in [7, 11) is 0. The van der Waals surface area contributed by atoms with E-state index in [4.69, 9.17) is 4.74 Å². The standard InChI is InChI=1S/C20H18FN3O2S/c1-13(15-3-2-4-17(11-15)24-9-10-26-20(24)25)22-19-23-18(12-27-19)14-5-7-16(21)8-6-14/h2-8,11-13H,9-10H2,1H3,(H,22,23). The smallest absolute Gasteiger partial charge is 0.414 e. The number of nitrogens with one attached hydrogen (secondary N) is 1. The number of carbonyl (C=O) groups is 1. The Bertz CT molecular complexity index is 958. The summed E-state index contributed by atoms with van der Waals surface area (Å²) in [6, 6.07) is 14.1. The van der Waals surface area contributed by atoms with Gasteiger partial charge in [0.05, 0.1) is 18.3 Å². The summed E-state index contributed by atoms with van der Waals surface area (Å²) in [5, 5.41) is 6.12. The largest absolute Gasteiger partial charge is 0.447 e. The maximum Gasteiger partial charge on any atom is 0.414 e. The molecule has 0 radical (unpaired) electrons. The third-order valence-electron chi connectivity index (χ3n) is 4.43. The van der Waals surface area contributed by atoms with E-state index >= 15 is 0 Å². The van der Waals surface area contributed by atoms with Crippen molar-refractivity contribution in [3.8, 4) is 11.3 Å². The fraction of sp³-hybridized carbons (Fsp3) is 0.200. The minimum Gasteiger partial charge on any atom is -0.447 e. The van der Waals surface area contributed by atoms with Gasteiger partial charge in [-0.3, -0.25) is 4.90 Å². The summed E-state index contributed by atoms with van der Waals surface area (Å²) in [6.45, 7) is 3.03. The van der Waals surface area contributed by atoms with Crippen LogP contribution in [0.5, 0.6) is 0 Å². The highest BCUT2D eigenvalue weighted by atomic mass is 32.1. The monoisotopic (exact) mass is 383 g/mol. The molecule has 3 aromatic rings. The van der Waals surface area contributed by atoms with Crippen LogP contribution in [0.4, 0.5) is 20.0 Å². The molecule has 4 rings (SSSR count). The van der Waals surface area contributed by atoms with Crippen LogP contribution in [-0.4, -0.2) is 24.2 Å². The van der Waals surface area contributed by atoms with E-state index in [1.165, 1.54) is 23.5 Å². The SMILES string of the molecule is CC(Nc1nc(-c2ccc(F)cc2)cs1)c1cccc(N2CCOC2=O)c1.